The first-order valence-corrected chi connectivity index (χ1v) is 6.48. The van der Waals surface area contributed by atoms with E-state index in [4.69, 9.17) is 4.52 Å². The number of aryl methyl sites for hydroxylation is 1. The van der Waals surface area contributed by atoms with Crippen LogP contribution < -0.4 is 10.2 Å². The summed E-state index contributed by atoms with van der Waals surface area (Å²) in [7, 11) is 0. The fourth-order valence-corrected chi connectivity index (χ4v) is 1.99. The fraction of sp³-hybridized carbons (Fsp3) is 0.500. The Kier molecular flexibility index (Phi) is 3.37. The van der Waals surface area contributed by atoms with Crippen molar-refractivity contribution < 1.29 is 4.52 Å². The third-order valence-electron chi connectivity index (χ3n) is 3.04. The lowest BCUT2D eigenvalue weighted by Crippen LogP contribution is -2.44. The molecule has 100 valence electrons. The van der Waals surface area contributed by atoms with Crippen LogP contribution in [0.1, 0.15) is 12.8 Å². The molecule has 1 aliphatic rings. The first kappa shape index (κ1) is 12.0. The molecular formula is C12H16N6O. The highest BCUT2D eigenvalue weighted by atomic mass is 16.5. The standard InChI is InChI=1S/C12H16N6O/c1-2-10-16-11(17-19-10)9-3-4-14-12(15-9)18-7-5-13-6-8-18/h3-4,13H,2,5-8H2,1H3. The molecule has 1 N–H and O–H groups in total. The molecule has 0 radical (unpaired) electrons. The minimum absolute atomic E-state index is 0.524. The molecule has 1 aliphatic heterocycles. The van der Waals surface area contributed by atoms with Crippen LogP contribution in [0, 0.1) is 0 Å². The Hall–Kier alpha value is -2.02. The van der Waals surface area contributed by atoms with Gasteiger partial charge in [0, 0.05) is 38.8 Å². The molecule has 0 bridgehead atoms. The van der Waals surface area contributed by atoms with E-state index in [1.54, 1.807) is 12.3 Å². The third kappa shape index (κ3) is 2.55. The monoisotopic (exact) mass is 260 g/mol. The van der Waals surface area contributed by atoms with Gasteiger partial charge in [-0.25, -0.2) is 9.97 Å². The minimum atomic E-state index is 0.524. The van der Waals surface area contributed by atoms with Crippen molar-refractivity contribution in [2.45, 2.75) is 13.3 Å². The molecule has 1 fully saturated rings. The van der Waals surface area contributed by atoms with Crippen LogP contribution in [0.2, 0.25) is 0 Å². The summed E-state index contributed by atoms with van der Waals surface area (Å²) in [5, 5.41) is 7.24. The van der Waals surface area contributed by atoms with Crippen LogP contribution >= 0.6 is 0 Å². The van der Waals surface area contributed by atoms with Crippen LogP contribution in [0.5, 0.6) is 0 Å². The van der Waals surface area contributed by atoms with E-state index in [2.05, 4.69) is 30.3 Å². The predicted molar refractivity (Wildman–Crippen MR) is 69.8 cm³/mol. The van der Waals surface area contributed by atoms with E-state index in [1.165, 1.54) is 0 Å². The van der Waals surface area contributed by atoms with Crippen molar-refractivity contribution in [2.75, 3.05) is 31.1 Å². The summed E-state index contributed by atoms with van der Waals surface area (Å²) in [5.41, 5.74) is 0.701. The van der Waals surface area contributed by atoms with Gasteiger partial charge in [-0.3, -0.25) is 0 Å². The lowest BCUT2D eigenvalue weighted by Gasteiger charge is -2.27. The maximum atomic E-state index is 5.11. The Morgan fingerprint density at radius 3 is 2.89 bits per heavy atom. The van der Waals surface area contributed by atoms with Crippen LogP contribution in [0.3, 0.4) is 0 Å². The Bertz CT molecular complexity index is 549. The Balaban J connectivity index is 1.86. The number of nitrogens with one attached hydrogen (secondary N) is 1. The number of aromatic nitrogens is 4. The van der Waals surface area contributed by atoms with Gasteiger partial charge in [-0.2, -0.15) is 4.98 Å². The summed E-state index contributed by atoms with van der Waals surface area (Å²) in [4.78, 5) is 15.3. The first-order valence-electron chi connectivity index (χ1n) is 6.48. The third-order valence-corrected chi connectivity index (χ3v) is 3.04. The van der Waals surface area contributed by atoms with Gasteiger partial charge < -0.3 is 14.7 Å². The summed E-state index contributed by atoms with van der Waals surface area (Å²) in [6.07, 6.45) is 2.46. The lowest BCUT2D eigenvalue weighted by atomic mass is 10.3. The molecule has 0 aromatic carbocycles. The molecule has 3 rings (SSSR count). The molecule has 0 saturated carbocycles. The number of hydrogen-bond acceptors (Lipinski definition) is 7. The quantitative estimate of drug-likeness (QED) is 0.860. The van der Waals surface area contributed by atoms with E-state index in [1.807, 2.05) is 6.92 Å². The Labute approximate surface area is 111 Å². The van der Waals surface area contributed by atoms with Gasteiger partial charge in [-0.1, -0.05) is 12.1 Å². The summed E-state index contributed by atoms with van der Waals surface area (Å²) >= 11 is 0. The van der Waals surface area contributed by atoms with Crippen LogP contribution in [0.25, 0.3) is 11.5 Å². The molecule has 19 heavy (non-hydrogen) atoms. The smallest absolute Gasteiger partial charge is 0.226 e. The van der Waals surface area contributed by atoms with Crippen molar-refractivity contribution in [1.29, 1.82) is 0 Å². The molecule has 3 heterocycles. The van der Waals surface area contributed by atoms with Crippen molar-refractivity contribution in [1.82, 2.24) is 25.4 Å². The zero-order valence-corrected chi connectivity index (χ0v) is 10.8. The number of anilines is 1. The first-order chi connectivity index (χ1) is 9.36. The van der Waals surface area contributed by atoms with Gasteiger partial charge in [0.25, 0.3) is 0 Å². The van der Waals surface area contributed by atoms with Crippen molar-refractivity contribution >= 4 is 5.95 Å². The van der Waals surface area contributed by atoms with E-state index in [0.29, 0.717) is 17.4 Å². The predicted octanol–water partition coefficient (Wildman–Crippen LogP) is 0.499. The van der Waals surface area contributed by atoms with Crippen molar-refractivity contribution in [3.05, 3.63) is 18.2 Å². The van der Waals surface area contributed by atoms with Gasteiger partial charge in [0.2, 0.25) is 17.7 Å². The van der Waals surface area contributed by atoms with Crippen LogP contribution in [0.4, 0.5) is 5.95 Å². The highest BCUT2D eigenvalue weighted by Gasteiger charge is 2.15. The molecule has 1 saturated heterocycles. The van der Waals surface area contributed by atoms with Gasteiger partial charge in [0.05, 0.1) is 0 Å². The molecule has 7 nitrogen and oxygen atoms in total. The number of piperazine rings is 1. The average Bonchev–Trinajstić information content (AvgIpc) is 2.97. The van der Waals surface area contributed by atoms with E-state index in [9.17, 15) is 0 Å². The van der Waals surface area contributed by atoms with Gasteiger partial charge in [0.1, 0.15) is 5.69 Å². The molecule has 0 amide bonds. The second-order valence-electron chi connectivity index (χ2n) is 4.34. The van der Waals surface area contributed by atoms with E-state index in [-0.39, 0.29) is 0 Å². The zero-order valence-electron chi connectivity index (χ0n) is 10.8. The fourth-order valence-electron chi connectivity index (χ4n) is 1.99. The normalized spacial score (nSPS) is 15.7. The maximum absolute atomic E-state index is 5.11. The zero-order chi connectivity index (χ0) is 13.1. The number of hydrogen-bond donors (Lipinski definition) is 1. The molecular weight excluding hydrogens is 244 g/mol. The molecule has 0 spiro atoms. The largest absolute Gasteiger partial charge is 0.339 e. The SMILES string of the molecule is CCc1nc(-c2ccnc(N3CCNCC3)n2)no1. The molecule has 7 heteroatoms. The molecule has 0 aliphatic carbocycles. The highest BCUT2D eigenvalue weighted by Crippen LogP contribution is 2.16. The van der Waals surface area contributed by atoms with E-state index in [0.717, 1.165) is 38.5 Å². The van der Waals surface area contributed by atoms with Gasteiger partial charge in [0.15, 0.2) is 0 Å². The second-order valence-corrected chi connectivity index (χ2v) is 4.34. The van der Waals surface area contributed by atoms with Crippen molar-refractivity contribution in [3.63, 3.8) is 0 Å². The van der Waals surface area contributed by atoms with E-state index < -0.39 is 0 Å². The lowest BCUT2D eigenvalue weighted by molar-refractivity contribution is 0.382. The highest BCUT2D eigenvalue weighted by molar-refractivity contribution is 5.50. The van der Waals surface area contributed by atoms with Crippen LogP contribution in [-0.2, 0) is 6.42 Å². The molecule has 2 aromatic heterocycles. The maximum Gasteiger partial charge on any atom is 0.226 e. The average molecular weight is 260 g/mol. The minimum Gasteiger partial charge on any atom is -0.339 e. The number of rotatable bonds is 3. The molecule has 0 atom stereocenters. The second kappa shape index (κ2) is 5.31. The number of nitrogens with zero attached hydrogens (tertiary/aromatic N) is 5. The summed E-state index contributed by atoms with van der Waals surface area (Å²) in [6, 6.07) is 1.80. The van der Waals surface area contributed by atoms with Crippen LogP contribution in [0.15, 0.2) is 16.8 Å². The van der Waals surface area contributed by atoms with Gasteiger partial charge in [-0.05, 0) is 6.07 Å². The van der Waals surface area contributed by atoms with Crippen molar-refractivity contribution in [2.24, 2.45) is 0 Å². The molecule has 2 aromatic rings. The van der Waals surface area contributed by atoms with E-state index >= 15 is 0 Å². The van der Waals surface area contributed by atoms with Crippen LogP contribution in [-0.4, -0.2) is 46.3 Å². The van der Waals surface area contributed by atoms with Crippen molar-refractivity contribution in [3.8, 4) is 11.5 Å². The topological polar surface area (TPSA) is 80.0 Å². The Morgan fingerprint density at radius 1 is 1.32 bits per heavy atom. The van der Waals surface area contributed by atoms with Gasteiger partial charge >= 0.3 is 0 Å². The summed E-state index contributed by atoms with van der Waals surface area (Å²) in [6.45, 7) is 5.71. The van der Waals surface area contributed by atoms with Gasteiger partial charge in [-0.15, -0.1) is 0 Å². The molecule has 0 unspecified atom stereocenters. The summed E-state index contributed by atoms with van der Waals surface area (Å²) < 4.78 is 5.11. The Morgan fingerprint density at radius 2 is 2.16 bits per heavy atom. The summed E-state index contributed by atoms with van der Waals surface area (Å²) in [5.74, 6) is 1.87.